The van der Waals surface area contributed by atoms with Crippen LogP contribution in [-0.2, 0) is 9.53 Å². The third kappa shape index (κ3) is 4.79. The molecule has 2 N–H and O–H groups in total. The van der Waals surface area contributed by atoms with Crippen LogP contribution in [0.5, 0.6) is 5.75 Å². The van der Waals surface area contributed by atoms with Gasteiger partial charge in [-0.2, -0.15) is 0 Å². The van der Waals surface area contributed by atoms with Crippen molar-refractivity contribution in [2.75, 3.05) is 13.7 Å². The van der Waals surface area contributed by atoms with Gasteiger partial charge in [-0.15, -0.1) is 0 Å². The smallest absolute Gasteiger partial charge is 0.342 e. The highest BCUT2D eigenvalue weighted by atomic mass is 16.5. The molecule has 1 unspecified atom stereocenters. The van der Waals surface area contributed by atoms with Gasteiger partial charge < -0.3 is 14.8 Å². The number of hydrogen-bond acceptors (Lipinski definition) is 5. The molecule has 0 saturated carbocycles. The van der Waals surface area contributed by atoms with Crippen molar-refractivity contribution in [2.45, 2.75) is 20.0 Å². The minimum absolute atomic E-state index is 0.221. The number of ether oxygens (including phenoxy) is 2. The Balaban J connectivity index is 2.72. The number of esters is 1. The molecule has 21 heavy (non-hydrogen) atoms. The van der Waals surface area contributed by atoms with E-state index in [9.17, 15) is 14.4 Å². The maximum Gasteiger partial charge on any atom is 0.342 e. The van der Waals surface area contributed by atoms with Crippen molar-refractivity contribution in [3.05, 3.63) is 29.8 Å². The lowest BCUT2D eigenvalue weighted by atomic mass is 10.2. The fourth-order valence-electron chi connectivity index (χ4n) is 1.47. The van der Waals surface area contributed by atoms with E-state index in [0.717, 1.165) is 0 Å². The number of benzene rings is 1. The van der Waals surface area contributed by atoms with Crippen LogP contribution in [-0.4, -0.2) is 37.7 Å². The Morgan fingerprint density at radius 2 is 1.90 bits per heavy atom. The quantitative estimate of drug-likeness (QED) is 0.793. The Hall–Kier alpha value is -2.57. The van der Waals surface area contributed by atoms with Crippen LogP contribution in [0.25, 0.3) is 0 Å². The predicted molar refractivity (Wildman–Crippen MR) is 75.1 cm³/mol. The first-order valence-electron chi connectivity index (χ1n) is 6.45. The highest BCUT2D eigenvalue weighted by molar-refractivity contribution is 5.99. The average molecular weight is 294 g/mol. The number of hydrogen-bond donors (Lipinski definition) is 2. The predicted octanol–water partition coefficient (Wildman–Crippen LogP) is 1.09. The summed E-state index contributed by atoms with van der Waals surface area (Å²) in [6.45, 7) is 3.57. The van der Waals surface area contributed by atoms with Crippen molar-refractivity contribution in [3.63, 3.8) is 0 Å². The SMILES string of the molecule is CCOc1ccccc1C(=O)OC(C)C(=O)NC(=O)NC. The zero-order valence-electron chi connectivity index (χ0n) is 12.1. The van der Waals surface area contributed by atoms with Crippen molar-refractivity contribution < 1.29 is 23.9 Å². The van der Waals surface area contributed by atoms with E-state index in [4.69, 9.17) is 9.47 Å². The third-order valence-electron chi connectivity index (χ3n) is 2.52. The maximum atomic E-state index is 12.0. The number of carbonyl (C=O) groups is 3. The Labute approximate surface area is 122 Å². The van der Waals surface area contributed by atoms with Crippen molar-refractivity contribution in [1.82, 2.24) is 10.6 Å². The molecule has 0 heterocycles. The van der Waals surface area contributed by atoms with E-state index in [0.29, 0.717) is 12.4 Å². The molecule has 0 aliphatic rings. The van der Waals surface area contributed by atoms with Gasteiger partial charge in [0.25, 0.3) is 5.91 Å². The number of carbonyl (C=O) groups excluding carboxylic acids is 3. The van der Waals surface area contributed by atoms with Crippen LogP contribution in [0, 0.1) is 0 Å². The fraction of sp³-hybridized carbons (Fsp3) is 0.357. The largest absolute Gasteiger partial charge is 0.493 e. The molecule has 114 valence electrons. The van der Waals surface area contributed by atoms with Crippen molar-refractivity contribution >= 4 is 17.9 Å². The second kappa shape index (κ2) is 7.88. The van der Waals surface area contributed by atoms with E-state index < -0.39 is 24.0 Å². The molecule has 0 aliphatic heterocycles. The van der Waals surface area contributed by atoms with E-state index >= 15 is 0 Å². The average Bonchev–Trinajstić information content (AvgIpc) is 2.47. The van der Waals surface area contributed by atoms with Crippen LogP contribution < -0.4 is 15.4 Å². The normalized spacial score (nSPS) is 11.2. The van der Waals surface area contributed by atoms with E-state index in [2.05, 4.69) is 5.32 Å². The molecule has 1 rings (SSSR count). The number of nitrogens with one attached hydrogen (secondary N) is 2. The monoisotopic (exact) mass is 294 g/mol. The molecule has 0 fully saturated rings. The summed E-state index contributed by atoms with van der Waals surface area (Å²) in [7, 11) is 1.37. The highest BCUT2D eigenvalue weighted by Crippen LogP contribution is 2.19. The molecule has 1 atom stereocenters. The summed E-state index contributed by atoms with van der Waals surface area (Å²) in [6.07, 6.45) is -1.11. The standard InChI is InChI=1S/C14H18N2O5/c1-4-20-11-8-6-5-7-10(11)13(18)21-9(2)12(17)16-14(19)15-3/h5-9H,4H2,1-3H3,(H2,15,16,17,19). The summed E-state index contributed by atoms with van der Waals surface area (Å²) in [4.78, 5) is 34.7. The van der Waals surface area contributed by atoms with Crippen LogP contribution in [0.1, 0.15) is 24.2 Å². The van der Waals surface area contributed by atoms with Gasteiger partial charge in [-0.3, -0.25) is 10.1 Å². The zero-order valence-corrected chi connectivity index (χ0v) is 12.1. The van der Waals surface area contributed by atoms with Gasteiger partial charge in [-0.25, -0.2) is 9.59 Å². The Morgan fingerprint density at radius 3 is 2.52 bits per heavy atom. The summed E-state index contributed by atoms with van der Waals surface area (Å²) in [5.74, 6) is -1.03. The zero-order chi connectivity index (χ0) is 15.8. The van der Waals surface area contributed by atoms with Crippen LogP contribution in [0.4, 0.5) is 4.79 Å². The lowest BCUT2D eigenvalue weighted by Crippen LogP contribution is -2.43. The van der Waals surface area contributed by atoms with Crippen LogP contribution >= 0.6 is 0 Å². The van der Waals surface area contributed by atoms with E-state index in [1.54, 1.807) is 25.1 Å². The van der Waals surface area contributed by atoms with Gasteiger partial charge in [0.1, 0.15) is 11.3 Å². The molecule has 0 saturated heterocycles. The van der Waals surface area contributed by atoms with Crippen molar-refractivity contribution in [2.24, 2.45) is 0 Å². The second-order valence-corrected chi connectivity index (χ2v) is 4.05. The second-order valence-electron chi connectivity index (χ2n) is 4.05. The summed E-state index contributed by atoms with van der Waals surface area (Å²) < 4.78 is 10.3. The minimum Gasteiger partial charge on any atom is -0.493 e. The summed E-state index contributed by atoms with van der Waals surface area (Å²) in [5, 5.41) is 4.26. The molecular weight excluding hydrogens is 276 g/mol. The first kappa shape index (κ1) is 16.5. The van der Waals surface area contributed by atoms with Crippen molar-refractivity contribution in [3.8, 4) is 5.75 Å². The van der Waals surface area contributed by atoms with E-state index in [1.165, 1.54) is 20.0 Å². The summed E-state index contributed by atoms with van der Waals surface area (Å²) in [6, 6.07) is 5.89. The van der Waals surface area contributed by atoms with E-state index in [1.807, 2.05) is 5.32 Å². The number of imide groups is 1. The van der Waals surface area contributed by atoms with Gasteiger partial charge in [0, 0.05) is 7.05 Å². The Bertz CT molecular complexity index is 530. The third-order valence-corrected chi connectivity index (χ3v) is 2.52. The Morgan fingerprint density at radius 1 is 1.24 bits per heavy atom. The molecule has 0 aliphatic carbocycles. The molecule has 0 bridgehead atoms. The molecule has 3 amide bonds. The fourth-order valence-corrected chi connectivity index (χ4v) is 1.47. The first-order chi connectivity index (χ1) is 9.99. The molecule has 1 aromatic carbocycles. The number of rotatable bonds is 5. The van der Waals surface area contributed by atoms with Crippen molar-refractivity contribution in [1.29, 1.82) is 0 Å². The Kier molecular flexibility index (Phi) is 6.19. The van der Waals surface area contributed by atoms with Crippen LogP contribution in [0.2, 0.25) is 0 Å². The summed E-state index contributed by atoms with van der Waals surface area (Å²) in [5.41, 5.74) is 0.221. The molecule has 7 nitrogen and oxygen atoms in total. The van der Waals surface area contributed by atoms with E-state index in [-0.39, 0.29) is 5.56 Å². The van der Waals surface area contributed by atoms with Gasteiger partial charge in [-0.1, -0.05) is 12.1 Å². The first-order valence-corrected chi connectivity index (χ1v) is 6.45. The molecule has 0 aromatic heterocycles. The molecule has 1 aromatic rings. The lowest BCUT2D eigenvalue weighted by molar-refractivity contribution is -0.127. The van der Waals surface area contributed by atoms with Crippen LogP contribution in [0.15, 0.2) is 24.3 Å². The van der Waals surface area contributed by atoms with Crippen LogP contribution in [0.3, 0.4) is 0 Å². The molecule has 0 spiro atoms. The summed E-state index contributed by atoms with van der Waals surface area (Å²) >= 11 is 0. The highest BCUT2D eigenvalue weighted by Gasteiger charge is 2.22. The van der Waals surface area contributed by atoms with Gasteiger partial charge in [0.05, 0.1) is 6.61 Å². The topological polar surface area (TPSA) is 93.7 Å². The number of urea groups is 1. The van der Waals surface area contributed by atoms with Gasteiger partial charge in [0.15, 0.2) is 6.10 Å². The van der Waals surface area contributed by atoms with Gasteiger partial charge in [-0.05, 0) is 26.0 Å². The number of amides is 3. The van der Waals surface area contributed by atoms with Gasteiger partial charge in [0.2, 0.25) is 0 Å². The minimum atomic E-state index is -1.11. The molecular formula is C14H18N2O5. The molecule has 7 heteroatoms. The van der Waals surface area contributed by atoms with Gasteiger partial charge >= 0.3 is 12.0 Å². The number of para-hydroxylation sites is 1. The maximum absolute atomic E-state index is 12.0. The lowest BCUT2D eigenvalue weighted by Gasteiger charge is -2.14. The molecule has 0 radical (unpaired) electrons.